The van der Waals surface area contributed by atoms with Crippen LogP contribution in [0.2, 0.25) is 0 Å². The summed E-state index contributed by atoms with van der Waals surface area (Å²) < 4.78 is 15.1. The Kier molecular flexibility index (Phi) is 4.91. The first-order valence-electron chi connectivity index (χ1n) is 9.76. The van der Waals surface area contributed by atoms with Crippen LogP contribution < -0.4 is 0 Å². The molecule has 0 aliphatic heterocycles. The average Bonchev–Trinajstić information content (AvgIpc) is 3.47. The maximum atomic E-state index is 13.4. The number of tetrazole rings is 1. The van der Waals surface area contributed by atoms with Gasteiger partial charge < -0.3 is 4.90 Å². The van der Waals surface area contributed by atoms with E-state index in [1.165, 1.54) is 23.5 Å². The third-order valence-corrected chi connectivity index (χ3v) is 6.09. The van der Waals surface area contributed by atoms with Crippen LogP contribution in [0.1, 0.15) is 26.4 Å². The summed E-state index contributed by atoms with van der Waals surface area (Å²) in [5, 5.41) is 15.1. The summed E-state index contributed by atoms with van der Waals surface area (Å²) >= 11 is 1.40. The van der Waals surface area contributed by atoms with E-state index in [-0.39, 0.29) is 11.7 Å². The molecule has 2 aromatic carbocycles. The van der Waals surface area contributed by atoms with Crippen LogP contribution in [0.25, 0.3) is 16.6 Å². The second-order valence-corrected chi connectivity index (χ2v) is 8.31. The molecule has 31 heavy (non-hydrogen) atoms. The first-order chi connectivity index (χ1) is 15.1. The van der Waals surface area contributed by atoms with Crippen molar-refractivity contribution in [1.29, 1.82) is 0 Å². The summed E-state index contributed by atoms with van der Waals surface area (Å²) in [7, 11) is 0. The highest BCUT2D eigenvalue weighted by molar-refractivity contribution is 7.12. The van der Waals surface area contributed by atoms with Crippen molar-refractivity contribution in [2.75, 3.05) is 0 Å². The topological polar surface area (TPSA) is 63.4 Å². The van der Waals surface area contributed by atoms with Crippen LogP contribution >= 0.6 is 11.3 Å². The van der Waals surface area contributed by atoms with Crippen LogP contribution in [-0.4, -0.2) is 30.8 Å². The number of hydrogen-bond donors (Lipinski definition) is 0. The largest absolute Gasteiger partial charge is 0.329 e. The Bertz CT molecular complexity index is 1380. The zero-order chi connectivity index (χ0) is 21.4. The minimum atomic E-state index is -0.305. The first kappa shape index (κ1) is 19.3. The molecule has 0 spiro atoms. The Morgan fingerprint density at radius 1 is 1.10 bits per heavy atom. The van der Waals surface area contributed by atoms with E-state index in [2.05, 4.69) is 15.5 Å². The smallest absolute Gasteiger partial charge is 0.264 e. The molecule has 6 nitrogen and oxygen atoms in total. The lowest BCUT2D eigenvalue weighted by Gasteiger charge is -2.23. The Balaban J connectivity index is 1.58. The predicted molar refractivity (Wildman–Crippen MR) is 117 cm³/mol. The van der Waals surface area contributed by atoms with E-state index in [9.17, 15) is 9.18 Å². The van der Waals surface area contributed by atoms with Gasteiger partial charge in [-0.3, -0.25) is 4.79 Å². The number of pyridine rings is 1. The molecule has 0 aliphatic rings. The first-order valence-corrected chi connectivity index (χ1v) is 10.6. The van der Waals surface area contributed by atoms with Crippen LogP contribution in [0.3, 0.4) is 0 Å². The second kappa shape index (κ2) is 7.88. The van der Waals surface area contributed by atoms with Crippen molar-refractivity contribution in [3.63, 3.8) is 0 Å². The monoisotopic (exact) mass is 431 g/mol. The molecule has 1 amide bonds. The van der Waals surface area contributed by atoms with Gasteiger partial charge in [0.2, 0.25) is 0 Å². The number of aryl methyl sites for hydroxylation is 1. The highest BCUT2D eigenvalue weighted by atomic mass is 32.1. The molecule has 0 unspecified atom stereocenters. The van der Waals surface area contributed by atoms with Crippen molar-refractivity contribution < 1.29 is 9.18 Å². The van der Waals surface area contributed by atoms with Gasteiger partial charge in [0.15, 0.2) is 5.65 Å². The van der Waals surface area contributed by atoms with Crippen molar-refractivity contribution in [2.24, 2.45) is 0 Å². The minimum Gasteiger partial charge on any atom is -0.329 e. The van der Waals surface area contributed by atoms with E-state index in [4.69, 9.17) is 0 Å². The third-order valence-electron chi connectivity index (χ3n) is 5.23. The van der Waals surface area contributed by atoms with E-state index in [0.29, 0.717) is 23.6 Å². The van der Waals surface area contributed by atoms with Gasteiger partial charge in [-0.2, -0.15) is 4.52 Å². The van der Waals surface area contributed by atoms with Gasteiger partial charge in [-0.25, -0.2) is 4.39 Å². The van der Waals surface area contributed by atoms with Crippen molar-refractivity contribution in [2.45, 2.75) is 20.0 Å². The Labute approximate surface area is 181 Å². The molecular weight excluding hydrogens is 413 g/mol. The number of rotatable bonds is 5. The van der Waals surface area contributed by atoms with Crippen LogP contribution in [0, 0.1) is 12.7 Å². The van der Waals surface area contributed by atoms with Crippen LogP contribution in [0.5, 0.6) is 0 Å². The number of para-hydroxylation sites is 1. The molecule has 8 heteroatoms. The number of halogens is 1. The number of aromatic nitrogens is 4. The molecule has 3 heterocycles. The van der Waals surface area contributed by atoms with Gasteiger partial charge >= 0.3 is 0 Å². The lowest BCUT2D eigenvalue weighted by Crippen LogP contribution is -2.30. The SMILES string of the molecule is Cc1cccc2cc(CN(Cc3ccc(F)cc3)C(=O)c3cccs3)c3nnnn3c12. The summed E-state index contributed by atoms with van der Waals surface area (Å²) in [4.78, 5) is 15.7. The number of carbonyl (C=O) groups is 1. The van der Waals surface area contributed by atoms with Gasteiger partial charge in [-0.05, 0) is 58.1 Å². The predicted octanol–water partition coefficient (Wildman–Crippen LogP) is 4.63. The molecule has 0 N–H and O–H groups in total. The molecule has 0 aliphatic carbocycles. The second-order valence-electron chi connectivity index (χ2n) is 7.36. The normalized spacial score (nSPS) is 11.3. The summed E-state index contributed by atoms with van der Waals surface area (Å²) in [6.45, 7) is 2.68. The van der Waals surface area contributed by atoms with Crippen LogP contribution in [0.15, 0.2) is 66.0 Å². The maximum Gasteiger partial charge on any atom is 0.264 e. The van der Waals surface area contributed by atoms with Crippen molar-refractivity contribution in [1.82, 2.24) is 24.9 Å². The maximum absolute atomic E-state index is 13.4. The highest BCUT2D eigenvalue weighted by Crippen LogP contribution is 2.25. The third kappa shape index (κ3) is 3.66. The quantitative estimate of drug-likeness (QED) is 0.407. The minimum absolute atomic E-state index is 0.0886. The number of hydrogen-bond acceptors (Lipinski definition) is 5. The number of benzene rings is 2. The van der Waals surface area contributed by atoms with Crippen LogP contribution in [0.4, 0.5) is 4.39 Å². The lowest BCUT2D eigenvalue weighted by atomic mass is 10.1. The molecular formula is C23H18FN5OS. The molecule has 5 rings (SSSR count). The van der Waals surface area contributed by atoms with Gasteiger partial charge in [-0.15, -0.1) is 16.4 Å². The van der Waals surface area contributed by atoms with Gasteiger partial charge in [0.25, 0.3) is 5.91 Å². The highest BCUT2D eigenvalue weighted by Gasteiger charge is 2.21. The summed E-state index contributed by atoms with van der Waals surface area (Å²) in [6.07, 6.45) is 0. The summed E-state index contributed by atoms with van der Waals surface area (Å²) in [5.74, 6) is -0.393. The molecule has 0 fully saturated rings. The van der Waals surface area contributed by atoms with E-state index in [1.54, 1.807) is 21.5 Å². The van der Waals surface area contributed by atoms with Crippen molar-refractivity contribution in [3.05, 3.63) is 93.4 Å². The number of nitrogens with zero attached hydrogens (tertiary/aromatic N) is 5. The van der Waals surface area contributed by atoms with Crippen LogP contribution in [-0.2, 0) is 13.1 Å². The van der Waals surface area contributed by atoms with E-state index >= 15 is 0 Å². The zero-order valence-corrected chi connectivity index (χ0v) is 17.5. The summed E-state index contributed by atoms with van der Waals surface area (Å²) in [5.41, 5.74) is 4.32. The Hall–Kier alpha value is -3.65. The van der Waals surface area contributed by atoms with E-state index in [1.807, 2.05) is 48.7 Å². The van der Waals surface area contributed by atoms with Gasteiger partial charge in [-0.1, -0.05) is 36.4 Å². The fourth-order valence-corrected chi connectivity index (χ4v) is 4.46. The van der Waals surface area contributed by atoms with E-state index < -0.39 is 0 Å². The molecule has 5 aromatic rings. The fourth-order valence-electron chi connectivity index (χ4n) is 3.77. The molecule has 154 valence electrons. The van der Waals surface area contributed by atoms with Gasteiger partial charge in [0.05, 0.1) is 16.9 Å². The molecule has 0 atom stereocenters. The number of fused-ring (bicyclic) bond motifs is 3. The molecule has 3 aromatic heterocycles. The zero-order valence-electron chi connectivity index (χ0n) is 16.7. The summed E-state index contributed by atoms with van der Waals surface area (Å²) in [6, 6.07) is 17.9. The van der Waals surface area contributed by atoms with Gasteiger partial charge in [0.1, 0.15) is 5.82 Å². The van der Waals surface area contributed by atoms with Crippen molar-refractivity contribution in [3.8, 4) is 0 Å². The average molecular weight is 431 g/mol. The fraction of sp³-hybridized carbons (Fsp3) is 0.130. The van der Waals surface area contributed by atoms with Gasteiger partial charge in [0, 0.05) is 17.5 Å². The van der Waals surface area contributed by atoms with Crippen molar-refractivity contribution >= 4 is 33.8 Å². The molecule has 0 bridgehead atoms. The standard InChI is InChI=1S/C23H18FN5OS/c1-15-4-2-5-17-12-18(22-25-26-27-29(22)21(15)17)14-28(23(30)20-6-3-11-31-20)13-16-7-9-19(24)10-8-16/h2-12H,13-14H2,1H3. The lowest BCUT2D eigenvalue weighted by molar-refractivity contribution is 0.0735. The number of amides is 1. The molecule has 0 radical (unpaired) electrons. The molecule has 0 saturated heterocycles. The number of carbonyl (C=O) groups excluding carboxylic acids is 1. The van der Waals surface area contributed by atoms with E-state index in [0.717, 1.165) is 27.6 Å². The number of thiophene rings is 1. The Morgan fingerprint density at radius 2 is 1.94 bits per heavy atom. The molecule has 0 saturated carbocycles. The Morgan fingerprint density at radius 3 is 2.71 bits per heavy atom.